The molecule has 2 atom stereocenters. The molecule has 0 saturated heterocycles. The summed E-state index contributed by atoms with van der Waals surface area (Å²) in [5.41, 5.74) is 7.91. The summed E-state index contributed by atoms with van der Waals surface area (Å²) < 4.78 is 5.57. The molecule has 0 bridgehead atoms. The quantitative estimate of drug-likeness (QED) is 0.877. The van der Waals surface area contributed by atoms with Crippen LogP contribution in [0.1, 0.15) is 50.5 Å². The van der Waals surface area contributed by atoms with Gasteiger partial charge in [-0.3, -0.25) is 4.79 Å². The van der Waals surface area contributed by atoms with Gasteiger partial charge in [-0.15, -0.1) is 0 Å². The highest BCUT2D eigenvalue weighted by molar-refractivity contribution is 5.90. The number of carbonyl (C=O) groups excluding carboxylic acids is 1. The van der Waals surface area contributed by atoms with Crippen molar-refractivity contribution in [1.82, 2.24) is 4.98 Å². The van der Waals surface area contributed by atoms with E-state index < -0.39 is 0 Å². The molecule has 0 aliphatic heterocycles. The molecule has 23 heavy (non-hydrogen) atoms. The number of amides is 1. The van der Waals surface area contributed by atoms with Crippen molar-refractivity contribution in [1.29, 1.82) is 0 Å². The predicted octanol–water partition coefficient (Wildman–Crippen LogP) is 3.96. The number of carbonyl (C=O) groups is 1. The summed E-state index contributed by atoms with van der Waals surface area (Å²) in [4.78, 5) is 15.3. The molecule has 1 aliphatic rings. The number of methoxy groups -OCH3 is 1. The summed E-state index contributed by atoms with van der Waals surface area (Å²) in [5, 5.41) is 1.10. The molecular weight excluding hydrogens is 288 g/mol. The first-order valence-corrected chi connectivity index (χ1v) is 8.56. The van der Waals surface area contributed by atoms with E-state index in [1.54, 1.807) is 7.11 Å². The fourth-order valence-corrected chi connectivity index (χ4v) is 4.21. The Kier molecular flexibility index (Phi) is 4.60. The number of aromatic amines is 1. The van der Waals surface area contributed by atoms with Crippen LogP contribution in [0, 0.1) is 11.8 Å². The molecule has 1 aromatic heterocycles. The van der Waals surface area contributed by atoms with Crippen LogP contribution < -0.4 is 10.5 Å². The molecule has 4 heteroatoms. The maximum atomic E-state index is 11.9. The first-order chi connectivity index (χ1) is 11.1. The summed E-state index contributed by atoms with van der Waals surface area (Å²) in [7, 11) is 1.69. The lowest BCUT2D eigenvalue weighted by Crippen LogP contribution is -2.31. The van der Waals surface area contributed by atoms with Crippen molar-refractivity contribution in [3.63, 3.8) is 0 Å². The number of ether oxygens (including phenoxy) is 1. The van der Waals surface area contributed by atoms with E-state index in [4.69, 9.17) is 10.5 Å². The van der Waals surface area contributed by atoms with Gasteiger partial charge in [0.25, 0.3) is 0 Å². The maximum absolute atomic E-state index is 11.9. The Bertz CT molecular complexity index is 686. The number of nitrogens with one attached hydrogen (secondary N) is 1. The molecular formula is C19H26N2O2. The van der Waals surface area contributed by atoms with E-state index in [0.717, 1.165) is 16.7 Å². The average molecular weight is 314 g/mol. The zero-order valence-corrected chi connectivity index (χ0v) is 14.0. The van der Waals surface area contributed by atoms with Gasteiger partial charge in [-0.05, 0) is 36.5 Å². The fourth-order valence-electron chi connectivity index (χ4n) is 4.21. The monoisotopic (exact) mass is 314 g/mol. The minimum Gasteiger partial charge on any atom is -0.496 e. The lowest BCUT2D eigenvalue weighted by Gasteiger charge is -2.33. The summed E-state index contributed by atoms with van der Waals surface area (Å²) in [6.45, 7) is 1.97. The highest BCUT2D eigenvalue weighted by Gasteiger charge is 2.34. The molecule has 1 heterocycles. The van der Waals surface area contributed by atoms with Crippen LogP contribution in [0.5, 0.6) is 5.75 Å². The molecule has 1 aromatic carbocycles. The van der Waals surface area contributed by atoms with Crippen molar-refractivity contribution in [2.45, 2.75) is 44.9 Å². The van der Waals surface area contributed by atoms with Crippen LogP contribution >= 0.6 is 0 Å². The van der Waals surface area contributed by atoms with Crippen molar-refractivity contribution in [3.8, 4) is 5.75 Å². The van der Waals surface area contributed by atoms with Crippen molar-refractivity contribution in [3.05, 3.63) is 30.0 Å². The summed E-state index contributed by atoms with van der Waals surface area (Å²) >= 11 is 0. The van der Waals surface area contributed by atoms with E-state index in [1.165, 1.54) is 37.7 Å². The number of aromatic nitrogens is 1. The maximum Gasteiger partial charge on any atom is 0.220 e. The van der Waals surface area contributed by atoms with Gasteiger partial charge in [0.15, 0.2) is 0 Å². The SMILES string of the molecule is COc1cccc2[nH]cc(C(C3CCCCC3)C(C)C(N)=O)c12. The predicted molar refractivity (Wildman–Crippen MR) is 92.5 cm³/mol. The van der Waals surface area contributed by atoms with E-state index in [1.807, 2.05) is 31.3 Å². The van der Waals surface area contributed by atoms with Gasteiger partial charge in [-0.2, -0.15) is 0 Å². The molecule has 3 rings (SSSR count). The molecule has 0 radical (unpaired) electrons. The van der Waals surface area contributed by atoms with Gasteiger partial charge in [-0.25, -0.2) is 0 Å². The topological polar surface area (TPSA) is 68.1 Å². The van der Waals surface area contributed by atoms with Crippen molar-refractivity contribution in [2.24, 2.45) is 17.6 Å². The summed E-state index contributed by atoms with van der Waals surface area (Å²) in [6.07, 6.45) is 8.17. The number of rotatable bonds is 5. The van der Waals surface area contributed by atoms with Gasteiger partial charge >= 0.3 is 0 Å². The second-order valence-electron chi connectivity index (χ2n) is 6.74. The Labute approximate surface area is 137 Å². The number of hydrogen-bond acceptors (Lipinski definition) is 2. The molecule has 124 valence electrons. The van der Waals surface area contributed by atoms with Crippen molar-refractivity contribution >= 4 is 16.8 Å². The van der Waals surface area contributed by atoms with Crippen LogP contribution in [0.2, 0.25) is 0 Å². The minimum atomic E-state index is -0.218. The fraction of sp³-hybridized carbons (Fsp3) is 0.526. The van der Waals surface area contributed by atoms with E-state index in [9.17, 15) is 4.79 Å². The third-order valence-electron chi connectivity index (χ3n) is 5.42. The summed E-state index contributed by atoms with van der Waals surface area (Å²) in [5.74, 6) is 1.12. The molecule has 1 aliphatic carbocycles. The molecule has 2 unspecified atom stereocenters. The van der Waals surface area contributed by atoms with Gasteiger partial charge < -0.3 is 15.5 Å². The second-order valence-corrected chi connectivity index (χ2v) is 6.74. The number of hydrogen-bond donors (Lipinski definition) is 2. The van der Waals surface area contributed by atoms with Gasteiger partial charge in [0.2, 0.25) is 5.91 Å². The zero-order chi connectivity index (χ0) is 16.4. The van der Waals surface area contributed by atoms with Gasteiger partial charge in [0, 0.05) is 28.9 Å². The highest BCUT2D eigenvalue weighted by atomic mass is 16.5. The van der Waals surface area contributed by atoms with E-state index >= 15 is 0 Å². The Morgan fingerprint density at radius 3 is 2.70 bits per heavy atom. The van der Waals surface area contributed by atoms with Crippen molar-refractivity contribution < 1.29 is 9.53 Å². The average Bonchev–Trinajstić information content (AvgIpc) is 3.00. The van der Waals surface area contributed by atoms with Gasteiger partial charge in [0.1, 0.15) is 5.75 Å². The number of nitrogens with two attached hydrogens (primary N) is 1. The largest absolute Gasteiger partial charge is 0.496 e. The lowest BCUT2D eigenvalue weighted by molar-refractivity contribution is -0.122. The first-order valence-electron chi connectivity index (χ1n) is 8.56. The smallest absolute Gasteiger partial charge is 0.220 e. The van der Waals surface area contributed by atoms with Crippen LogP contribution in [-0.2, 0) is 4.79 Å². The molecule has 4 nitrogen and oxygen atoms in total. The molecule has 0 spiro atoms. The second kappa shape index (κ2) is 6.65. The number of primary amides is 1. The van der Waals surface area contributed by atoms with E-state index in [0.29, 0.717) is 5.92 Å². The highest BCUT2D eigenvalue weighted by Crippen LogP contribution is 2.44. The van der Waals surface area contributed by atoms with E-state index in [-0.39, 0.29) is 17.7 Å². The van der Waals surface area contributed by atoms with Gasteiger partial charge in [-0.1, -0.05) is 32.3 Å². The lowest BCUT2D eigenvalue weighted by atomic mass is 9.71. The van der Waals surface area contributed by atoms with Crippen LogP contribution in [0.15, 0.2) is 24.4 Å². The minimum absolute atomic E-state index is 0.151. The molecule has 2 aromatic rings. The number of benzene rings is 1. The third kappa shape index (κ3) is 2.94. The normalized spacial score (nSPS) is 18.7. The van der Waals surface area contributed by atoms with Crippen LogP contribution in [0.25, 0.3) is 10.9 Å². The molecule has 1 amide bonds. The van der Waals surface area contributed by atoms with Crippen LogP contribution in [0.3, 0.4) is 0 Å². The van der Waals surface area contributed by atoms with Crippen LogP contribution in [0.4, 0.5) is 0 Å². The van der Waals surface area contributed by atoms with Gasteiger partial charge in [0.05, 0.1) is 7.11 Å². The van der Waals surface area contributed by atoms with Crippen molar-refractivity contribution in [2.75, 3.05) is 7.11 Å². The Hall–Kier alpha value is -1.97. The zero-order valence-electron chi connectivity index (χ0n) is 14.0. The van der Waals surface area contributed by atoms with E-state index in [2.05, 4.69) is 4.98 Å². The Balaban J connectivity index is 2.10. The number of H-pyrrole nitrogens is 1. The molecule has 1 fully saturated rings. The number of fused-ring (bicyclic) bond motifs is 1. The third-order valence-corrected chi connectivity index (χ3v) is 5.42. The standard InChI is InChI=1S/C19H26N2O2/c1-12(19(20)22)17(13-7-4-3-5-8-13)14-11-21-15-9-6-10-16(23-2)18(14)15/h6,9-13,17,21H,3-5,7-8H2,1-2H3,(H2,20,22). The Morgan fingerprint density at radius 1 is 1.30 bits per heavy atom. The molecule has 3 N–H and O–H groups in total. The van der Waals surface area contributed by atoms with Crippen LogP contribution in [-0.4, -0.2) is 18.0 Å². The first kappa shape index (κ1) is 15.9. The Morgan fingerprint density at radius 2 is 2.04 bits per heavy atom. The summed E-state index contributed by atoms with van der Waals surface area (Å²) in [6, 6.07) is 6.01. The molecule has 1 saturated carbocycles.